The zero-order chi connectivity index (χ0) is 19.6. The molecular formula is C21H31N5O. The highest BCUT2D eigenvalue weighted by molar-refractivity contribution is 5.79. The van der Waals surface area contributed by atoms with Gasteiger partial charge in [-0.3, -0.25) is 0 Å². The van der Waals surface area contributed by atoms with Crippen molar-refractivity contribution >= 4 is 11.8 Å². The van der Waals surface area contributed by atoms with Gasteiger partial charge in [-0.2, -0.15) is 0 Å². The predicted molar refractivity (Wildman–Crippen MR) is 113 cm³/mol. The second-order valence-electron chi connectivity index (χ2n) is 6.56. The van der Waals surface area contributed by atoms with Gasteiger partial charge >= 0.3 is 0 Å². The highest BCUT2D eigenvalue weighted by Crippen LogP contribution is 2.19. The third kappa shape index (κ3) is 6.47. The van der Waals surface area contributed by atoms with E-state index in [0.717, 1.165) is 48.3 Å². The van der Waals surface area contributed by atoms with E-state index in [1.807, 2.05) is 37.2 Å². The first-order chi connectivity index (χ1) is 13.0. The van der Waals surface area contributed by atoms with Crippen molar-refractivity contribution in [1.29, 1.82) is 0 Å². The van der Waals surface area contributed by atoms with Crippen LogP contribution in [0.25, 0.3) is 0 Å². The van der Waals surface area contributed by atoms with Gasteiger partial charge in [0.15, 0.2) is 5.96 Å². The van der Waals surface area contributed by atoms with Gasteiger partial charge in [-0.05, 0) is 49.6 Å². The fourth-order valence-corrected chi connectivity index (χ4v) is 2.65. The van der Waals surface area contributed by atoms with E-state index in [1.165, 1.54) is 5.56 Å². The van der Waals surface area contributed by atoms with Crippen molar-refractivity contribution < 1.29 is 4.74 Å². The molecule has 0 fully saturated rings. The number of nitrogens with zero attached hydrogens (tertiary/aromatic N) is 3. The number of pyridine rings is 1. The summed E-state index contributed by atoms with van der Waals surface area (Å²) in [6, 6.07) is 12.3. The summed E-state index contributed by atoms with van der Waals surface area (Å²) in [6.45, 7) is 6.26. The lowest BCUT2D eigenvalue weighted by Gasteiger charge is -2.13. The molecule has 1 aromatic heterocycles. The molecule has 0 atom stereocenters. The molecule has 0 radical (unpaired) electrons. The molecule has 1 heterocycles. The number of nitrogens with one attached hydrogen (secondary N) is 2. The minimum absolute atomic E-state index is 0.537. The molecule has 0 bridgehead atoms. The highest BCUT2D eigenvalue weighted by atomic mass is 16.5. The van der Waals surface area contributed by atoms with Crippen LogP contribution in [0.2, 0.25) is 0 Å². The largest absolute Gasteiger partial charge is 0.496 e. The van der Waals surface area contributed by atoms with Crippen LogP contribution in [0.3, 0.4) is 0 Å². The fraction of sp³-hybridized carbons (Fsp3) is 0.429. The second-order valence-corrected chi connectivity index (χ2v) is 6.56. The molecule has 2 N–H and O–H groups in total. The van der Waals surface area contributed by atoms with Crippen LogP contribution in [0.4, 0.5) is 5.82 Å². The standard InChI is InChI=1S/C21H31N5O/c1-6-22-21(24-15-18-8-7-9-20(25-18)26(3)4)23-13-12-17-11-10-16(2)19(14-17)27-5/h7-11,14H,6,12-13,15H2,1-5H3,(H2,22,23,24). The van der Waals surface area contributed by atoms with Crippen LogP contribution < -0.4 is 20.3 Å². The Bertz CT molecular complexity index is 758. The molecule has 2 rings (SSSR count). The third-order valence-corrected chi connectivity index (χ3v) is 4.17. The van der Waals surface area contributed by atoms with E-state index in [2.05, 4.69) is 52.7 Å². The van der Waals surface area contributed by atoms with Crippen LogP contribution in [-0.4, -0.2) is 45.2 Å². The normalized spacial score (nSPS) is 11.2. The number of hydrogen-bond donors (Lipinski definition) is 2. The van der Waals surface area contributed by atoms with Gasteiger partial charge in [0.05, 0.1) is 19.3 Å². The number of hydrogen-bond acceptors (Lipinski definition) is 4. The first kappa shape index (κ1) is 20.6. The van der Waals surface area contributed by atoms with E-state index in [0.29, 0.717) is 6.54 Å². The number of benzene rings is 1. The van der Waals surface area contributed by atoms with Crippen molar-refractivity contribution in [2.45, 2.75) is 26.8 Å². The Kier molecular flexibility index (Phi) is 7.92. The Hall–Kier alpha value is -2.76. The van der Waals surface area contributed by atoms with Crippen molar-refractivity contribution in [3.63, 3.8) is 0 Å². The van der Waals surface area contributed by atoms with Crippen molar-refractivity contribution in [2.24, 2.45) is 4.99 Å². The molecule has 27 heavy (non-hydrogen) atoms. The highest BCUT2D eigenvalue weighted by Gasteiger charge is 2.03. The lowest BCUT2D eigenvalue weighted by molar-refractivity contribution is 0.411. The molecule has 0 spiro atoms. The Labute approximate surface area is 162 Å². The number of methoxy groups -OCH3 is 1. The summed E-state index contributed by atoms with van der Waals surface area (Å²) >= 11 is 0. The van der Waals surface area contributed by atoms with Gasteiger partial charge in [-0.25, -0.2) is 9.98 Å². The number of aryl methyl sites for hydroxylation is 1. The van der Waals surface area contributed by atoms with Gasteiger partial charge < -0.3 is 20.3 Å². The van der Waals surface area contributed by atoms with Gasteiger partial charge in [0.25, 0.3) is 0 Å². The fourth-order valence-electron chi connectivity index (χ4n) is 2.65. The molecule has 0 saturated heterocycles. The number of aliphatic imine (C=N–C) groups is 1. The van der Waals surface area contributed by atoms with E-state index in [-0.39, 0.29) is 0 Å². The maximum atomic E-state index is 5.40. The summed E-state index contributed by atoms with van der Waals surface area (Å²) in [4.78, 5) is 11.3. The summed E-state index contributed by atoms with van der Waals surface area (Å²) in [6.07, 6.45) is 0.898. The SMILES string of the molecule is CCNC(=NCc1cccc(N(C)C)n1)NCCc1ccc(C)c(OC)c1. The van der Waals surface area contributed by atoms with Gasteiger partial charge in [0, 0.05) is 27.2 Å². The van der Waals surface area contributed by atoms with Gasteiger partial charge in [0.2, 0.25) is 0 Å². The average Bonchev–Trinajstić information content (AvgIpc) is 2.67. The number of aromatic nitrogens is 1. The minimum Gasteiger partial charge on any atom is -0.496 e. The summed E-state index contributed by atoms with van der Waals surface area (Å²) in [5, 5.41) is 6.67. The molecule has 146 valence electrons. The van der Waals surface area contributed by atoms with Crippen LogP contribution in [0, 0.1) is 6.92 Å². The van der Waals surface area contributed by atoms with Gasteiger partial charge in [-0.1, -0.05) is 18.2 Å². The summed E-state index contributed by atoms with van der Waals surface area (Å²) < 4.78 is 5.40. The van der Waals surface area contributed by atoms with E-state index in [4.69, 9.17) is 4.74 Å². The maximum absolute atomic E-state index is 5.40. The average molecular weight is 370 g/mol. The van der Waals surface area contributed by atoms with Crippen molar-refractivity contribution in [3.8, 4) is 5.75 Å². The monoisotopic (exact) mass is 369 g/mol. The van der Waals surface area contributed by atoms with Crippen molar-refractivity contribution in [3.05, 3.63) is 53.2 Å². The number of guanidine groups is 1. The third-order valence-electron chi connectivity index (χ3n) is 4.17. The molecule has 1 aromatic carbocycles. The molecule has 6 nitrogen and oxygen atoms in total. The Balaban J connectivity index is 1.94. The molecular weight excluding hydrogens is 338 g/mol. The summed E-state index contributed by atoms with van der Waals surface area (Å²) in [5.74, 6) is 2.67. The van der Waals surface area contributed by atoms with E-state index >= 15 is 0 Å². The quantitative estimate of drug-likeness (QED) is 0.553. The number of rotatable bonds is 8. The Morgan fingerprint density at radius 2 is 2.00 bits per heavy atom. The second kappa shape index (κ2) is 10.4. The molecule has 0 aliphatic carbocycles. The molecule has 6 heteroatoms. The van der Waals surface area contributed by atoms with Gasteiger partial charge in [0.1, 0.15) is 11.6 Å². The van der Waals surface area contributed by atoms with Crippen LogP contribution in [0.5, 0.6) is 5.75 Å². The van der Waals surface area contributed by atoms with E-state index < -0.39 is 0 Å². The molecule has 2 aromatic rings. The van der Waals surface area contributed by atoms with E-state index in [9.17, 15) is 0 Å². The van der Waals surface area contributed by atoms with Crippen molar-refractivity contribution in [1.82, 2.24) is 15.6 Å². The molecule has 0 aliphatic rings. The zero-order valence-corrected chi connectivity index (χ0v) is 17.0. The Morgan fingerprint density at radius 3 is 2.70 bits per heavy atom. The minimum atomic E-state index is 0.537. The predicted octanol–water partition coefficient (Wildman–Crippen LogP) is 2.76. The van der Waals surface area contributed by atoms with Crippen LogP contribution in [0.1, 0.15) is 23.7 Å². The first-order valence-corrected chi connectivity index (χ1v) is 9.32. The lowest BCUT2D eigenvalue weighted by atomic mass is 10.1. The molecule has 0 amide bonds. The van der Waals surface area contributed by atoms with Crippen LogP contribution in [0.15, 0.2) is 41.4 Å². The lowest BCUT2D eigenvalue weighted by Crippen LogP contribution is -2.38. The molecule has 0 aliphatic heterocycles. The van der Waals surface area contributed by atoms with Crippen LogP contribution in [-0.2, 0) is 13.0 Å². The topological polar surface area (TPSA) is 61.8 Å². The van der Waals surface area contributed by atoms with Crippen molar-refractivity contribution in [2.75, 3.05) is 39.2 Å². The smallest absolute Gasteiger partial charge is 0.191 e. The van der Waals surface area contributed by atoms with Crippen LogP contribution >= 0.6 is 0 Å². The number of ether oxygens (including phenoxy) is 1. The zero-order valence-electron chi connectivity index (χ0n) is 17.0. The summed E-state index contributed by atoms with van der Waals surface area (Å²) in [7, 11) is 5.68. The van der Waals surface area contributed by atoms with E-state index in [1.54, 1.807) is 7.11 Å². The Morgan fingerprint density at radius 1 is 1.19 bits per heavy atom. The first-order valence-electron chi connectivity index (χ1n) is 9.32. The summed E-state index contributed by atoms with van der Waals surface area (Å²) in [5.41, 5.74) is 3.33. The molecule has 0 unspecified atom stereocenters. The maximum Gasteiger partial charge on any atom is 0.191 e. The molecule has 0 saturated carbocycles. The number of anilines is 1. The van der Waals surface area contributed by atoms with Gasteiger partial charge in [-0.15, -0.1) is 0 Å².